The number of para-hydroxylation sites is 1. The second-order valence-electron chi connectivity index (χ2n) is 8.68. The first-order valence-corrected chi connectivity index (χ1v) is 11.5. The molecule has 1 saturated heterocycles. The lowest BCUT2D eigenvalue weighted by molar-refractivity contribution is -0.160. The van der Waals surface area contributed by atoms with E-state index >= 15 is 0 Å². The Bertz CT molecular complexity index is 1070. The maximum atomic E-state index is 14.0. The highest BCUT2D eigenvalue weighted by molar-refractivity contribution is 5.92. The van der Waals surface area contributed by atoms with Crippen LogP contribution in [0.1, 0.15) is 17.5 Å². The average Bonchev–Trinajstić information content (AvgIpc) is 2.82. The molecule has 2 aromatic carbocycles. The van der Waals surface area contributed by atoms with E-state index < -0.39 is 11.4 Å². The Labute approximate surface area is 198 Å². The summed E-state index contributed by atoms with van der Waals surface area (Å²) in [5.74, 6) is -0.238. The highest BCUT2D eigenvalue weighted by Crippen LogP contribution is 2.25. The van der Waals surface area contributed by atoms with Crippen LogP contribution in [0.2, 0.25) is 0 Å². The molecule has 2 aromatic rings. The molecular weight excluding hydrogens is 437 g/mol. The zero-order valence-electron chi connectivity index (χ0n) is 19.3. The number of anilines is 1. The molecule has 0 aromatic heterocycles. The second kappa shape index (κ2) is 10.8. The summed E-state index contributed by atoms with van der Waals surface area (Å²) in [5.41, 5.74) is 0.971. The number of aryl methyl sites for hydroxylation is 1. The lowest BCUT2D eigenvalue weighted by atomic mass is 9.94. The summed E-state index contributed by atoms with van der Waals surface area (Å²) >= 11 is 0. The van der Waals surface area contributed by atoms with Gasteiger partial charge in [-0.2, -0.15) is 0 Å². The Morgan fingerprint density at radius 1 is 1.21 bits per heavy atom. The van der Waals surface area contributed by atoms with E-state index in [0.29, 0.717) is 39.1 Å². The highest BCUT2D eigenvalue weighted by atomic mass is 19.1. The van der Waals surface area contributed by atoms with Crippen molar-refractivity contribution in [3.05, 3.63) is 71.6 Å². The van der Waals surface area contributed by atoms with Gasteiger partial charge in [0.05, 0.1) is 25.4 Å². The molecule has 8 heteroatoms. The van der Waals surface area contributed by atoms with Crippen molar-refractivity contribution in [1.82, 2.24) is 10.2 Å². The maximum absolute atomic E-state index is 14.0. The number of hydrogen-bond donors (Lipinski definition) is 2. The molecule has 0 aliphatic carbocycles. The van der Waals surface area contributed by atoms with Gasteiger partial charge in [0.25, 0.3) is 5.91 Å². The molecule has 2 amide bonds. The van der Waals surface area contributed by atoms with Crippen LogP contribution in [0.25, 0.3) is 0 Å². The lowest BCUT2D eigenvalue weighted by Gasteiger charge is -2.41. The molecule has 2 aliphatic heterocycles. The minimum atomic E-state index is -1.11. The minimum absolute atomic E-state index is 0.0337. The molecule has 2 heterocycles. The number of amides is 2. The number of benzene rings is 2. The summed E-state index contributed by atoms with van der Waals surface area (Å²) < 4.78 is 25.9. The van der Waals surface area contributed by atoms with Crippen molar-refractivity contribution >= 4 is 17.5 Å². The molecule has 1 fully saturated rings. The van der Waals surface area contributed by atoms with Gasteiger partial charge in [-0.05, 0) is 42.7 Å². The molecule has 180 valence electrons. The molecule has 2 N–H and O–H groups in total. The Kier molecular flexibility index (Phi) is 7.59. The van der Waals surface area contributed by atoms with E-state index in [2.05, 4.69) is 10.6 Å². The summed E-state index contributed by atoms with van der Waals surface area (Å²) in [6.07, 6.45) is 5.02. The molecule has 0 bridgehead atoms. The Balaban J connectivity index is 1.44. The number of carbonyl (C=O) groups is 2. The van der Waals surface area contributed by atoms with Gasteiger partial charge in [-0.15, -0.1) is 0 Å². The first kappa shape index (κ1) is 23.9. The van der Waals surface area contributed by atoms with Crippen molar-refractivity contribution in [3.63, 3.8) is 0 Å². The summed E-state index contributed by atoms with van der Waals surface area (Å²) in [6.45, 7) is 3.62. The minimum Gasteiger partial charge on any atom is -0.491 e. The van der Waals surface area contributed by atoms with Crippen LogP contribution < -0.4 is 15.4 Å². The van der Waals surface area contributed by atoms with Crippen molar-refractivity contribution in [2.45, 2.75) is 25.4 Å². The first-order chi connectivity index (χ1) is 16.4. The summed E-state index contributed by atoms with van der Waals surface area (Å²) in [5, 5.41) is 5.56. The number of carbonyl (C=O) groups excluding carboxylic acids is 2. The molecule has 7 nitrogen and oxygen atoms in total. The van der Waals surface area contributed by atoms with Crippen LogP contribution in [0.3, 0.4) is 0 Å². The summed E-state index contributed by atoms with van der Waals surface area (Å²) in [7, 11) is 0. The number of fused-ring (bicyclic) bond motifs is 1. The van der Waals surface area contributed by atoms with Gasteiger partial charge in [0.2, 0.25) is 5.91 Å². The fourth-order valence-corrected chi connectivity index (χ4v) is 4.26. The smallest absolute Gasteiger partial charge is 0.254 e. The van der Waals surface area contributed by atoms with Crippen molar-refractivity contribution in [3.8, 4) is 5.75 Å². The van der Waals surface area contributed by atoms with E-state index in [9.17, 15) is 14.0 Å². The molecule has 34 heavy (non-hydrogen) atoms. The van der Waals surface area contributed by atoms with Crippen LogP contribution >= 0.6 is 0 Å². The number of nitrogens with one attached hydrogen (secondary N) is 2. The van der Waals surface area contributed by atoms with E-state index in [1.165, 1.54) is 6.07 Å². The molecule has 0 radical (unpaired) electrons. The van der Waals surface area contributed by atoms with E-state index in [1.54, 1.807) is 12.1 Å². The maximum Gasteiger partial charge on any atom is 0.254 e. The zero-order chi connectivity index (χ0) is 24.0. The van der Waals surface area contributed by atoms with Crippen LogP contribution in [0.15, 0.2) is 54.6 Å². The summed E-state index contributed by atoms with van der Waals surface area (Å²) in [4.78, 5) is 27.7. The monoisotopic (exact) mass is 467 g/mol. The van der Waals surface area contributed by atoms with Crippen LogP contribution in [-0.4, -0.2) is 61.7 Å². The SMILES string of the molecule is Cc1ccc(F)c(NC(=O)CN2CCOC3(C/C=C/Cc4ccccc4OCCNC3=O)C2)c1. The standard InChI is InChI=1S/C26H30FN3O4/c1-19-9-10-21(27)22(16-19)29-24(31)17-30-13-15-34-26(18-30)11-5-4-7-20-6-2-3-8-23(20)33-14-12-28-25(26)32/h2-6,8-10,16H,7,11-15,17-18H2,1H3,(H,28,32)(H,29,31)/b5-4+. The average molecular weight is 468 g/mol. The number of halogens is 1. The van der Waals surface area contributed by atoms with Crippen molar-refractivity contribution in [2.24, 2.45) is 0 Å². The zero-order valence-corrected chi connectivity index (χ0v) is 19.3. The summed E-state index contributed by atoms with van der Waals surface area (Å²) in [6, 6.07) is 12.4. The normalized spacial score (nSPS) is 22.5. The van der Waals surface area contributed by atoms with Gasteiger partial charge in [-0.3, -0.25) is 14.5 Å². The van der Waals surface area contributed by atoms with Crippen LogP contribution in [0, 0.1) is 12.7 Å². The highest BCUT2D eigenvalue weighted by Gasteiger charge is 2.43. The number of allylic oxidation sites excluding steroid dienone is 1. The lowest BCUT2D eigenvalue weighted by Crippen LogP contribution is -2.60. The van der Waals surface area contributed by atoms with Crippen LogP contribution in [0.5, 0.6) is 5.75 Å². The quantitative estimate of drug-likeness (QED) is 0.679. The Morgan fingerprint density at radius 2 is 2.06 bits per heavy atom. The number of morpholine rings is 1. The third kappa shape index (κ3) is 5.81. The molecule has 2 aliphatic rings. The van der Waals surface area contributed by atoms with Gasteiger partial charge in [-0.1, -0.05) is 36.4 Å². The number of hydrogen-bond acceptors (Lipinski definition) is 5. The number of nitrogens with zero attached hydrogens (tertiary/aromatic N) is 1. The van der Waals surface area contributed by atoms with Gasteiger partial charge >= 0.3 is 0 Å². The molecule has 1 unspecified atom stereocenters. The third-order valence-corrected chi connectivity index (χ3v) is 6.01. The third-order valence-electron chi connectivity index (χ3n) is 6.01. The van der Waals surface area contributed by atoms with Crippen LogP contribution in [-0.2, 0) is 20.7 Å². The second-order valence-corrected chi connectivity index (χ2v) is 8.68. The molecule has 1 atom stereocenters. The first-order valence-electron chi connectivity index (χ1n) is 11.5. The van der Waals surface area contributed by atoms with Gasteiger partial charge in [-0.25, -0.2) is 4.39 Å². The fourth-order valence-electron chi connectivity index (χ4n) is 4.26. The predicted molar refractivity (Wildman–Crippen MR) is 127 cm³/mol. The van der Waals surface area contributed by atoms with Gasteiger partial charge in [0, 0.05) is 19.5 Å². The fraction of sp³-hybridized carbons (Fsp3) is 0.385. The molecular formula is C26H30FN3O4. The van der Waals surface area contributed by atoms with E-state index in [-0.39, 0.29) is 30.6 Å². The van der Waals surface area contributed by atoms with E-state index in [1.807, 2.05) is 48.2 Å². The number of rotatable bonds is 3. The van der Waals surface area contributed by atoms with Gasteiger partial charge in [0.15, 0.2) is 5.60 Å². The molecule has 4 rings (SSSR count). The number of ether oxygens (including phenoxy) is 2. The van der Waals surface area contributed by atoms with Crippen molar-refractivity contribution in [2.75, 3.05) is 44.7 Å². The molecule has 1 spiro atoms. The van der Waals surface area contributed by atoms with Gasteiger partial charge < -0.3 is 20.1 Å². The van der Waals surface area contributed by atoms with E-state index in [4.69, 9.17) is 9.47 Å². The Hall–Kier alpha value is -3.23. The Morgan fingerprint density at radius 3 is 2.94 bits per heavy atom. The largest absolute Gasteiger partial charge is 0.491 e. The van der Waals surface area contributed by atoms with E-state index in [0.717, 1.165) is 16.9 Å². The predicted octanol–water partition coefficient (Wildman–Crippen LogP) is 2.84. The molecule has 0 saturated carbocycles. The topological polar surface area (TPSA) is 79.9 Å². The van der Waals surface area contributed by atoms with Crippen molar-refractivity contribution in [1.29, 1.82) is 0 Å². The van der Waals surface area contributed by atoms with Gasteiger partial charge in [0.1, 0.15) is 18.2 Å². The van der Waals surface area contributed by atoms with Crippen molar-refractivity contribution < 1.29 is 23.5 Å². The van der Waals surface area contributed by atoms with Crippen LogP contribution in [0.4, 0.5) is 10.1 Å².